The lowest BCUT2D eigenvalue weighted by Gasteiger charge is -2.05. The van der Waals surface area contributed by atoms with Crippen LogP contribution >= 0.6 is 0 Å². The molecule has 0 radical (unpaired) electrons. The van der Waals surface area contributed by atoms with E-state index in [1.165, 1.54) is 0 Å². The van der Waals surface area contributed by atoms with Gasteiger partial charge >= 0.3 is 5.97 Å². The molecule has 0 spiro atoms. The van der Waals surface area contributed by atoms with E-state index in [0.717, 1.165) is 5.01 Å². The molecule has 0 aliphatic carbocycles. The summed E-state index contributed by atoms with van der Waals surface area (Å²) >= 11 is 0. The summed E-state index contributed by atoms with van der Waals surface area (Å²) in [6.45, 7) is 2.17. The van der Waals surface area contributed by atoms with Crippen LogP contribution < -0.4 is 0 Å². The number of carbonyl (C=O) groups excluding carboxylic acids is 1. The van der Waals surface area contributed by atoms with Gasteiger partial charge in [0.05, 0.1) is 6.42 Å². The van der Waals surface area contributed by atoms with Gasteiger partial charge in [0.2, 0.25) is 5.91 Å². The lowest BCUT2D eigenvalue weighted by atomic mass is 10.3. The Morgan fingerprint density at radius 2 is 2.45 bits per heavy atom. The monoisotopic (exact) mass is 156 g/mol. The van der Waals surface area contributed by atoms with E-state index in [9.17, 15) is 9.59 Å². The average molecular weight is 156 g/mol. The molecule has 11 heavy (non-hydrogen) atoms. The third-order valence-electron chi connectivity index (χ3n) is 1.39. The van der Waals surface area contributed by atoms with Crippen molar-refractivity contribution in [3.05, 3.63) is 0 Å². The average Bonchev–Trinajstić information content (AvgIpc) is 2.31. The summed E-state index contributed by atoms with van der Waals surface area (Å²) in [5.41, 5.74) is -0.0724. The fraction of sp³-hybridized carbons (Fsp3) is 0.500. The zero-order chi connectivity index (χ0) is 8.43. The number of carboxylic acids is 1. The van der Waals surface area contributed by atoms with Gasteiger partial charge in [0.1, 0.15) is 0 Å². The minimum Gasteiger partial charge on any atom is -0.477 e. The van der Waals surface area contributed by atoms with Gasteiger partial charge in [0.25, 0.3) is 0 Å². The molecule has 5 nitrogen and oxygen atoms in total. The zero-order valence-electron chi connectivity index (χ0n) is 6.07. The first-order valence-corrected chi connectivity index (χ1v) is 3.26. The second kappa shape index (κ2) is 2.69. The van der Waals surface area contributed by atoms with Crippen LogP contribution in [0, 0.1) is 0 Å². The third-order valence-corrected chi connectivity index (χ3v) is 1.39. The first-order chi connectivity index (χ1) is 5.15. The number of hydrazone groups is 1. The summed E-state index contributed by atoms with van der Waals surface area (Å²) in [6.07, 6.45) is -0.0802. The Morgan fingerprint density at radius 3 is 2.73 bits per heavy atom. The summed E-state index contributed by atoms with van der Waals surface area (Å²) in [4.78, 5) is 21.2. The molecule has 1 rings (SSSR count). The van der Waals surface area contributed by atoms with E-state index in [0.29, 0.717) is 6.54 Å². The number of hydrogen-bond donors (Lipinski definition) is 1. The van der Waals surface area contributed by atoms with Crippen LogP contribution in [0.5, 0.6) is 0 Å². The van der Waals surface area contributed by atoms with Crippen LogP contribution in [0.25, 0.3) is 0 Å². The van der Waals surface area contributed by atoms with E-state index in [4.69, 9.17) is 5.11 Å². The van der Waals surface area contributed by atoms with Gasteiger partial charge in [-0.3, -0.25) is 4.79 Å². The summed E-state index contributed by atoms with van der Waals surface area (Å²) in [6, 6.07) is 0. The Kier molecular flexibility index (Phi) is 1.89. The highest BCUT2D eigenvalue weighted by molar-refractivity contribution is 6.40. The van der Waals surface area contributed by atoms with Crippen LogP contribution in [0.1, 0.15) is 13.3 Å². The lowest BCUT2D eigenvalue weighted by Crippen LogP contribution is -2.19. The lowest BCUT2D eigenvalue weighted by molar-refractivity contribution is -0.130. The molecular formula is C6H8N2O3. The first-order valence-electron chi connectivity index (χ1n) is 3.26. The number of carbonyl (C=O) groups is 2. The van der Waals surface area contributed by atoms with Crippen molar-refractivity contribution in [3.8, 4) is 0 Å². The predicted molar refractivity (Wildman–Crippen MR) is 37.1 cm³/mol. The highest BCUT2D eigenvalue weighted by Crippen LogP contribution is 2.06. The van der Waals surface area contributed by atoms with Crippen molar-refractivity contribution in [2.45, 2.75) is 13.3 Å². The summed E-state index contributed by atoms with van der Waals surface area (Å²) in [5.74, 6) is -1.36. The molecule has 1 N–H and O–H groups in total. The molecule has 1 amide bonds. The zero-order valence-corrected chi connectivity index (χ0v) is 6.07. The molecule has 0 fully saturated rings. The largest absolute Gasteiger partial charge is 0.477 e. The van der Waals surface area contributed by atoms with Gasteiger partial charge < -0.3 is 5.11 Å². The van der Waals surface area contributed by atoms with Crippen LogP contribution in [-0.4, -0.2) is 34.2 Å². The normalized spacial score (nSPS) is 17.0. The quantitative estimate of drug-likeness (QED) is 0.595. The molecule has 0 saturated heterocycles. The van der Waals surface area contributed by atoms with E-state index in [-0.39, 0.29) is 18.0 Å². The second-order valence-corrected chi connectivity index (χ2v) is 2.14. The molecule has 1 aliphatic heterocycles. The molecule has 0 aromatic heterocycles. The van der Waals surface area contributed by atoms with E-state index in [1.807, 2.05) is 0 Å². The Morgan fingerprint density at radius 1 is 1.82 bits per heavy atom. The number of carboxylic acid groups (broad SMARTS) is 1. The second-order valence-electron chi connectivity index (χ2n) is 2.14. The van der Waals surface area contributed by atoms with Crippen molar-refractivity contribution in [1.82, 2.24) is 5.01 Å². The Labute approximate surface area is 63.3 Å². The molecule has 0 atom stereocenters. The van der Waals surface area contributed by atoms with E-state index < -0.39 is 5.97 Å². The molecule has 60 valence electrons. The summed E-state index contributed by atoms with van der Waals surface area (Å²) < 4.78 is 0. The number of nitrogens with zero attached hydrogens (tertiary/aromatic N) is 2. The van der Waals surface area contributed by atoms with Gasteiger partial charge in [-0.05, 0) is 6.92 Å². The highest BCUT2D eigenvalue weighted by atomic mass is 16.4. The standard InChI is InChI=1S/C6H8N2O3/c1-2-8-5(9)3-4(7-8)6(10)11/h2-3H2,1H3,(H,10,11). The molecule has 0 bridgehead atoms. The number of hydrogen-bond acceptors (Lipinski definition) is 3. The van der Waals surface area contributed by atoms with Crippen LogP contribution in [0.2, 0.25) is 0 Å². The van der Waals surface area contributed by atoms with E-state index in [2.05, 4.69) is 5.10 Å². The fourth-order valence-corrected chi connectivity index (χ4v) is 0.837. The maximum atomic E-state index is 10.9. The third kappa shape index (κ3) is 1.36. The Balaban J connectivity index is 2.75. The van der Waals surface area contributed by atoms with Gasteiger partial charge in [0.15, 0.2) is 5.71 Å². The first kappa shape index (κ1) is 7.71. The van der Waals surface area contributed by atoms with Gasteiger partial charge in [0, 0.05) is 6.54 Å². The van der Waals surface area contributed by atoms with E-state index in [1.54, 1.807) is 6.92 Å². The van der Waals surface area contributed by atoms with Crippen molar-refractivity contribution >= 4 is 17.6 Å². The van der Waals surface area contributed by atoms with Crippen LogP contribution in [0.15, 0.2) is 5.10 Å². The summed E-state index contributed by atoms with van der Waals surface area (Å²) in [5, 5.41) is 13.2. The van der Waals surface area contributed by atoms with Gasteiger partial charge in [-0.1, -0.05) is 0 Å². The number of rotatable bonds is 2. The topological polar surface area (TPSA) is 70.0 Å². The molecule has 5 heteroatoms. The van der Waals surface area contributed by atoms with Crippen LogP contribution in [0.3, 0.4) is 0 Å². The maximum absolute atomic E-state index is 10.9. The molecule has 1 aliphatic rings. The van der Waals surface area contributed by atoms with Gasteiger partial charge in [-0.15, -0.1) is 0 Å². The summed E-state index contributed by atoms with van der Waals surface area (Å²) in [7, 11) is 0. The predicted octanol–water partition coefficient (Wildman–Crippen LogP) is -0.321. The number of amides is 1. The van der Waals surface area contributed by atoms with Gasteiger partial charge in [-0.25, -0.2) is 9.80 Å². The van der Waals surface area contributed by atoms with Crippen molar-refractivity contribution in [2.75, 3.05) is 6.54 Å². The van der Waals surface area contributed by atoms with Crippen molar-refractivity contribution in [2.24, 2.45) is 5.10 Å². The maximum Gasteiger partial charge on any atom is 0.352 e. The highest BCUT2D eigenvalue weighted by Gasteiger charge is 2.26. The van der Waals surface area contributed by atoms with Crippen LogP contribution in [0.4, 0.5) is 0 Å². The molecule has 0 unspecified atom stereocenters. The van der Waals surface area contributed by atoms with Crippen LogP contribution in [-0.2, 0) is 9.59 Å². The minimum atomic E-state index is -1.12. The van der Waals surface area contributed by atoms with Crippen molar-refractivity contribution < 1.29 is 14.7 Å². The minimum absolute atomic E-state index is 0.0724. The molecule has 1 heterocycles. The smallest absolute Gasteiger partial charge is 0.352 e. The van der Waals surface area contributed by atoms with Crippen molar-refractivity contribution in [1.29, 1.82) is 0 Å². The van der Waals surface area contributed by atoms with Crippen molar-refractivity contribution in [3.63, 3.8) is 0 Å². The number of aliphatic carboxylic acids is 1. The Bertz CT molecular complexity index is 234. The SMILES string of the molecule is CCN1N=C(C(=O)O)CC1=O. The van der Waals surface area contributed by atoms with Gasteiger partial charge in [-0.2, -0.15) is 5.10 Å². The Hall–Kier alpha value is -1.39. The molecule has 0 aromatic carbocycles. The molecule has 0 saturated carbocycles. The molecular weight excluding hydrogens is 148 g/mol. The molecule has 0 aromatic rings. The van der Waals surface area contributed by atoms with E-state index >= 15 is 0 Å². The fourth-order valence-electron chi connectivity index (χ4n) is 0.837.